The second kappa shape index (κ2) is 5.55. The molecule has 0 atom stereocenters. The fourth-order valence-corrected chi connectivity index (χ4v) is 2.29. The Morgan fingerprint density at radius 1 is 1.22 bits per heavy atom. The number of nitrogens with one attached hydrogen (secondary N) is 2. The molecule has 1 aromatic carbocycles. The molecular formula is C13H15N3OS. The molecule has 0 fully saturated rings. The molecule has 0 aliphatic carbocycles. The number of carbonyl (C=O) groups excluding carboxylic acids is 1. The molecule has 4 N–H and O–H groups in total. The summed E-state index contributed by atoms with van der Waals surface area (Å²) in [5.41, 5.74) is 8.42. The molecule has 0 radical (unpaired) electrons. The zero-order valence-corrected chi connectivity index (χ0v) is 10.9. The van der Waals surface area contributed by atoms with Crippen LogP contribution in [0.15, 0.2) is 35.7 Å². The molecule has 2 aromatic rings. The maximum Gasteiger partial charge on any atom is 0.221 e. The summed E-state index contributed by atoms with van der Waals surface area (Å²) in [6.45, 7) is 2.20. The fraction of sp³-hybridized carbons (Fsp3) is 0.154. The van der Waals surface area contributed by atoms with Gasteiger partial charge in [-0.05, 0) is 35.7 Å². The molecule has 1 heterocycles. The lowest BCUT2D eigenvalue weighted by molar-refractivity contribution is -0.114. The summed E-state index contributed by atoms with van der Waals surface area (Å²) in [4.78, 5) is 12.0. The molecule has 0 aliphatic rings. The third kappa shape index (κ3) is 3.24. The highest BCUT2D eigenvalue weighted by atomic mass is 32.1. The number of carbonyl (C=O) groups is 1. The SMILES string of the molecule is CC(=O)Nc1ccc(NCc2sccc2N)cc1. The Hall–Kier alpha value is -2.01. The predicted octanol–water partition coefficient (Wildman–Crippen LogP) is 2.90. The second-order valence-electron chi connectivity index (χ2n) is 3.91. The Balaban J connectivity index is 1.94. The topological polar surface area (TPSA) is 67.2 Å². The first-order valence-electron chi connectivity index (χ1n) is 5.58. The summed E-state index contributed by atoms with van der Waals surface area (Å²) in [5.74, 6) is -0.0675. The van der Waals surface area contributed by atoms with Gasteiger partial charge in [0.05, 0.1) is 6.54 Å². The van der Waals surface area contributed by atoms with Gasteiger partial charge in [-0.2, -0.15) is 0 Å². The van der Waals surface area contributed by atoms with Crippen molar-refractivity contribution in [1.29, 1.82) is 0 Å². The summed E-state index contributed by atoms with van der Waals surface area (Å²) in [7, 11) is 0. The van der Waals surface area contributed by atoms with Crippen molar-refractivity contribution in [3.05, 3.63) is 40.6 Å². The first-order chi connectivity index (χ1) is 8.65. The average Bonchev–Trinajstić information content (AvgIpc) is 2.73. The number of thiophene rings is 1. The van der Waals surface area contributed by atoms with Gasteiger partial charge in [0.2, 0.25) is 5.91 Å². The van der Waals surface area contributed by atoms with Crippen LogP contribution in [0.1, 0.15) is 11.8 Å². The molecule has 0 unspecified atom stereocenters. The fourth-order valence-electron chi connectivity index (χ4n) is 1.55. The molecule has 1 aromatic heterocycles. The van der Waals surface area contributed by atoms with Crippen molar-refractivity contribution in [2.45, 2.75) is 13.5 Å². The van der Waals surface area contributed by atoms with E-state index in [1.807, 2.05) is 35.7 Å². The van der Waals surface area contributed by atoms with Crippen LogP contribution in [-0.4, -0.2) is 5.91 Å². The molecule has 2 rings (SSSR count). The Morgan fingerprint density at radius 2 is 1.89 bits per heavy atom. The van der Waals surface area contributed by atoms with Crippen molar-refractivity contribution in [1.82, 2.24) is 0 Å². The van der Waals surface area contributed by atoms with Gasteiger partial charge in [-0.3, -0.25) is 4.79 Å². The lowest BCUT2D eigenvalue weighted by Crippen LogP contribution is -2.05. The van der Waals surface area contributed by atoms with Gasteiger partial charge in [-0.15, -0.1) is 11.3 Å². The minimum atomic E-state index is -0.0675. The molecular weight excluding hydrogens is 246 g/mol. The van der Waals surface area contributed by atoms with Gasteiger partial charge in [0.1, 0.15) is 0 Å². The first kappa shape index (κ1) is 12.4. The van der Waals surface area contributed by atoms with E-state index >= 15 is 0 Å². The highest BCUT2D eigenvalue weighted by Gasteiger charge is 2.00. The zero-order valence-electron chi connectivity index (χ0n) is 10.1. The van der Waals surface area contributed by atoms with Crippen molar-refractivity contribution in [3.63, 3.8) is 0 Å². The minimum absolute atomic E-state index is 0.0675. The summed E-state index contributed by atoms with van der Waals surface area (Å²) in [5, 5.41) is 7.99. The van der Waals surface area contributed by atoms with E-state index in [0.29, 0.717) is 6.54 Å². The minimum Gasteiger partial charge on any atom is -0.398 e. The van der Waals surface area contributed by atoms with Crippen molar-refractivity contribution in [2.75, 3.05) is 16.4 Å². The van der Waals surface area contributed by atoms with Crippen molar-refractivity contribution in [2.24, 2.45) is 0 Å². The predicted molar refractivity (Wildman–Crippen MR) is 76.8 cm³/mol. The van der Waals surface area contributed by atoms with E-state index in [2.05, 4.69) is 10.6 Å². The second-order valence-corrected chi connectivity index (χ2v) is 4.91. The molecule has 0 saturated heterocycles. The summed E-state index contributed by atoms with van der Waals surface area (Å²) < 4.78 is 0. The average molecular weight is 261 g/mol. The number of anilines is 3. The molecule has 0 bridgehead atoms. The van der Waals surface area contributed by atoms with Gasteiger partial charge in [0.25, 0.3) is 0 Å². The lowest BCUT2D eigenvalue weighted by Gasteiger charge is -2.07. The number of hydrogen-bond donors (Lipinski definition) is 3. The zero-order chi connectivity index (χ0) is 13.0. The van der Waals surface area contributed by atoms with Crippen LogP contribution >= 0.6 is 11.3 Å². The molecule has 1 amide bonds. The van der Waals surface area contributed by atoms with Gasteiger partial charge < -0.3 is 16.4 Å². The van der Waals surface area contributed by atoms with Crippen LogP contribution in [-0.2, 0) is 11.3 Å². The molecule has 0 saturated carbocycles. The van der Waals surface area contributed by atoms with E-state index in [0.717, 1.165) is 21.9 Å². The van der Waals surface area contributed by atoms with Crippen LogP contribution in [0, 0.1) is 0 Å². The highest BCUT2D eigenvalue weighted by Crippen LogP contribution is 2.21. The van der Waals surface area contributed by atoms with Crippen molar-refractivity contribution < 1.29 is 4.79 Å². The number of amides is 1. The van der Waals surface area contributed by atoms with Gasteiger partial charge in [-0.1, -0.05) is 0 Å². The smallest absolute Gasteiger partial charge is 0.221 e. The maximum absolute atomic E-state index is 10.9. The van der Waals surface area contributed by atoms with E-state index in [9.17, 15) is 4.79 Å². The van der Waals surface area contributed by atoms with E-state index in [4.69, 9.17) is 5.73 Å². The number of nitrogen functional groups attached to an aromatic ring is 1. The lowest BCUT2D eigenvalue weighted by atomic mass is 10.2. The first-order valence-corrected chi connectivity index (χ1v) is 6.46. The molecule has 0 aliphatic heterocycles. The van der Waals surface area contributed by atoms with Gasteiger partial charge in [0, 0.05) is 28.9 Å². The third-order valence-corrected chi connectivity index (χ3v) is 3.37. The van der Waals surface area contributed by atoms with E-state index in [1.54, 1.807) is 11.3 Å². The molecule has 18 heavy (non-hydrogen) atoms. The van der Waals surface area contributed by atoms with Crippen molar-refractivity contribution in [3.8, 4) is 0 Å². The summed E-state index contributed by atoms with van der Waals surface area (Å²) >= 11 is 1.64. The molecule has 4 nitrogen and oxygen atoms in total. The Labute approximate surface area is 110 Å². The standard InChI is InChI=1S/C13H15N3OS/c1-9(17)16-11-4-2-10(3-5-11)15-8-13-12(14)6-7-18-13/h2-7,15H,8,14H2,1H3,(H,16,17). The van der Waals surface area contributed by atoms with Crippen LogP contribution < -0.4 is 16.4 Å². The monoisotopic (exact) mass is 261 g/mol. The normalized spacial score (nSPS) is 10.1. The summed E-state index contributed by atoms with van der Waals surface area (Å²) in [6.07, 6.45) is 0. The Morgan fingerprint density at radius 3 is 2.44 bits per heavy atom. The van der Waals surface area contributed by atoms with Crippen LogP contribution in [0.4, 0.5) is 17.1 Å². The highest BCUT2D eigenvalue weighted by molar-refractivity contribution is 7.10. The van der Waals surface area contributed by atoms with Gasteiger partial charge in [-0.25, -0.2) is 0 Å². The van der Waals surface area contributed by atoms with E-state index in [-0.39, 0.29) is 5.91 Å². The Bertz CT molecular complexity index is 533. The van der Waals surface area contributed by atoms with Gasteiger partial charge >= 0.3 is 0 Å². The largest absolute Gasteiger partial charge is 0.398 e. The Kier molecular flexibility index (Phi) is 3.84. The number of benzene rings is 1. The third-order valence-electron chi connectivity index (χ3n) is 2.44. The maximum atomic E-state index is 10.9. The van der Waals surface area contributed by atoms with Crippen molar-refractivity contribution >= 4 is 34.3 Å². The summed E-state index contributed by atoms with van der Waals surface area (Å²) in [6, 6.07) is 9.48. The molecule has 5 heteroatoms. The number of hydrogen-bond acceptors (Lipinski definition) is 4. The molecule has 94 valence electrons. The van der Waals surface area contributed by atoms with Crippen LogP contribution in [0.2, 0.25) is 0 Å². The molecule has 0 spiro atoms. The van der Waals surface area contributed by atoms with Gasteiger partial charge in [0.15, 0.2) is 0 Å². The number of rotatable bonds is 4. The van der Waals surface area contributed by atoms with E-state index in [1.165, 1.54) is 6.92 Å². The van der Waals surface area contributed by atoms with Crippen LogP contribution in [0.25, 0.3) is 0 Å². The van der Waals surface area contributed by atoms with Crippen LogP contribution in [0.3, 0.4) is 0 Å². The quantitative estimate of drug-likeness (QED) is 0.792. The van der Waals surface area contributed by atoms with E-state index < -0.39 is 0 Å². The number of nitrogens with two attached hydrogens (primary N) is 1. The van der Waals surface area contributed by atoms with Crippen LogP contribution in [0.5, 0.6) is 0 Å².